The molecule has 0 spiro atoms. The van der Waals surface area contributed by atoms with E-state index in [4.69, 9.17) is 4.74 Å². The van der Waals surface area contributed by atoms with Crippen molar-refractivity contribution < 1.29 is 14.6 Å². The minimum absolute atomic E-state index is 0.379. The van der Waals surface area contributed by atoms with Crippen LogP contribution in [0.5, 0.6) is 0 Å². The van der Waals surface area contributed by atoms with Gasteiger partial charge in [-0.1, -0.05) is 24.3 Å². The number of ether oxygens (including phenoxy) is 1. The van der Waals surface area contributed by atoms with E-state index >= 15 is 0 Å². The van der Waals surface area contributed by atoms with Crippen LogP contribution in [0.25, 0.3) is 0 Å². The van der Waals surface area contributed by atoms with Gasteiger partial charge in [0.25, 0.3) is 0 Å². The zero-order chi connectivity index (χ0) is 13.3. The maximum absolute atomic E-state index is 11.7. The second-order valence-corrected chi connectivity index (χ2v) is 5.59. The number of nitrogens with one attached hydrogen (secondary N) is 1. The number of fused-ring (bicyclic) bond motifs is 1. The summed E-state index contributed by atoms with van der Waals surface area (Å²) in [7, 11) is 0. The maximum Gasteiger partial charge on any atom is 0.408 e. The van der Waals surface area contributed by atoms with Crippen molar-refractivity contribution in [1.29, 1.82) is 0 Å². The lowest BCUT2D eigenvalue weighted by Crippen LogP contribution is -2.38. The highest BCUT2D eigenvalue weighted by molar-refractivity contribution is 5.69. The smallest absolute Gasteiger partial charge is 0.408 e. The third-order valence-corrected chi connectivity index (χ3v) is 2.88. The van der Waals surface area contributed by atoms with Crippen LogP contribution in [0, 0.1) is 0 Å². The summed E-state index contributed by atoms with van der Waals surface area (Å²) in [4.78, 5) is 11.7. The molecule has 18 heavy (non-hydrogen) atoms. The second kappa shape index (κ2) is 4.61. The minimum atomic E-state index is -0.588. The van der Waals surface area contributed by atoms with Crippen molar-refractivity contribution in [2.24, 2.45) is 0 Å². The molecule has 0 radical (unpaired) electrons. The van der Waals surface area contributed by atoms with E-state index in [0.717, 1.165) is 11.1 Å². The van der Waals surface area contributed by atoms with Crippen LogP contribution in [-0.4, -0.2) is 22.9 Å². The first-order chi connectivity index (χ1) is 8.37. The quantitative estimate of drug-likeness (QED) is 0.802. The standard InChI is InChI=1S/C14H19NO3/c1-14(2,3)18-13(17)15-12-10-7-5-4-6-9(10)8-11(12)16/h4-7,11-12,16H,8H2,1-3H3,(H,15,17)/t11-,12?/m1/s1. The third-order valence-electron chi connectivity index (χ3n) is 2.88. The van der Waals surface area contributed by atoms with Crippen molar-refractivity contribution in [3.8, 4) is 0 Å². The van der Waals surface area contributed by atoms with E-state index in [-0.39, 0.29) is 6.04 Å². The molecule has 0 bridgehead atoms. The summed E-state index contributed by atoms with van der Waals surface area (Å²) in [6, 6.07) is 7.35. The summed E-state index contributed by atoms with van der Waals surface area (Å²) < 4.78 is 5.20. The van der Waals surface area contributed by atoms with E-state index in [1.54, 1.807) is 0 Å². The lowest BCUT2D eigenvalue weighted by molar-refractivity contribution is 0.0438. The Bertz CT molecular complexity index is 451. The number of aliphatic hydroxyl groups excluding tert-OH is 1. The largest absolute Gasteiger partial charge is 0.444 e. The van der Waals surface area contributed by atoms with E-state index < -0.39 is 17.8 Å². The molecule has 2 N–H and O–H groups in total. The van der Waals surface area contributed by atoms with Crippen molar-refractivity contribution in [1.82, 2.24) is 5.32 Å². The first-order valence-electron chi connectivity index (χ1n) is 6.12. The van der Waals surface area contributed by atoms with Crippen molar-refractivity contribution in [3.63, 3.8) is 0 Å². The highest BCUT2D eigenvalue weighted by Crippen LogP contribution is 2.31. The Labute approximate surface area is 107 Å². The zero-order valence-electron chi connectivity index (χ0n) is 10.9. The molecule has 4 nitrogen and oxygen atoms in total. The first kappa shape index (κ1) is 12.9. The normalized spacial score (nSPS) is 22.4. The molecule has 1 aliphatic rings. The number of rotatable bonds is 1. The van der Waals surface area contributed by atoms with Crippen LogP contribution in [0.15, 0.2) is 24.3 Å². The number of hydrogen-bond acceptors (Lipinski definition) is 3. The van der Waals surface area contributed by atoms with E-state index in [1.165, 1.54) is 0 Å². The molecular formula is C14H19NO3. The summed E-state index contributed by atoms with van der Waals surface area (Å²) in [5.41, 5.74) is 1.51. The van der Waals surface area contributed by atoms with Gasteiger partial charge in [0.1, 0.15) is 5.60 Å². The molecule has 98 valence electrons. The fourth-order valence-corrected chi connectivity index (χ4v) is 2.18. The van der Waals surface area contributed by atoms with Gasteiger partial charge in [0.15, 0.2) is 0 Å². The molecule has 0 saturated heterocycles. The molecular weight excluding hydrogens is 230 g/mol. The molecule has 1 aromatic rings. The molecule has 1 aromatic carbocycles. The molecule has 2 rings (SSSR count). The molecule has 0 fully saturated rings. The van der Waals surface area contributed by atoms with Crippen LogP contribution < -0.4 is 5.32 Å². The Morgan fingerprint density at radius 1 is 1.39 bits per heavy atom. The summed E-state index contributed by atoms with van der Waals surface area (Å²) in [5, 5.41) is 12.7. The molecule has 0 aliphatic heterocycles. The van der Waals surface area contributed by atoms with Gasteiger partial charge in [-0.3, -0.25) is 0 Å². The van der Waals surface area contributed by atoms with E-state index in [9.17, 15) is 9.90 Å². The van der Waals surface area contributed by atoms with Crippen molar-refractivity contribution in [2.75, 3.05) is 0 Å². The Morgan fingerprint density at radius 2 is 2.06 bits per heavy atom. The van der Waals surface area contributed by atoms with Gasteiger partial charge in [-0.05, 0) is 31.9 Å². The van der Waals surface area contributed by atoms with E-state index in [1.807, 2.05) is 45.0 Å². The van der Waals surface area contributed by atoms with Gasteiger partial charge in [-0.15, -0.1) is 0 Å². The van der Waals surface area contributed by atoms with Crippen LogP contribution in [0.1, 0.15) is 37.9 Å². The SMILES string of the molecule is CC(C)(C)OC(=O)NC1c2ccccc2C[C@H]1O. The van der Waals surface area contributed by atoms with Crippen LogP contribution in [-0.2, 0) is 11.2 Å². The Morgan fingerprint density at radius 3 is 2.72 bits per heavy atom. The molecule has 0 saturated carbocycles. The Kier molecular flexibility index (Phi) is 3.30. The number of hydrogen-bond donors (Lipinski definition) is 2. The number of alkyl carbamates (subject to hydrolysis) is 1. The van der Waals surface area contributed by atoms with Gasteiger partial charge in [0.2, 0.25) is 0 Å². The summed E-state index contributed by atoms with van der Waals surface area (Å²) >= 11 is 0. The van der Waals surface area contributed by atoms with Gasteiger partial charge in [0, 0.05) is 6.42 Å². The predicted molar refractivity (Wildman–Crippen MR) is 68.3 cm³/mol. The highest BCUT2D eigenvalue weighted by Gasteiger charge is 2.32. The highest BCUT2D eigenvalue weighted by atomic mass is 16.6. The number of carbonyl (C=O) groups excluding carboxylic acids is 1. The molecule has 4 heteroatoms. The topological polar surface area (TPSA) is 58.6 Å². The predicted octanol–water partition coefficient (Wildman–Crippen LogP) is 2.17. The minimum Gasteiger partial charge on any atom is -0.444 e. The number of amides is 1. The first-order valence-corrected chi connectivity index (χ1v) is 6.12. The van der Waals surface area contributed by atoms with Gasteiger partial charge in [0.05, 0.1) is 12.1 Å². The molecule has 0 aromatic heterocycles. The fraction of sp³-hybridized carbons (Fsp3) is 0.500. The van der Waals surface area contributed by atoms with Crippen LogP contribution in [0.4, 0.5) is 4.79 Å². The van der Waals surface area contributed by atoms with E-state index in [0.29, 0.717) is 6.42 Å². The molecule has 1 aliphatic carbocycles. The molecule has 1 amide bonds. The lowest BCUT2D eigenvalue weighted by Gasteiger charge is -2.23. The van der Waals surface area contributed by atoms with Gasteiger partial charge >= 0.3 is 6.09 Å². The zero-order valence-corrected chi connectivity index (χ0v) is 10.9. The summed E-state index contributed by atoms with van der Waals surface area (Å²) in [5.74, 6) is 0. The van der Waals surface area contributed by atoms with Crippen molar-refractivity contribution >= 4 is 6.09 Å². The molecule has 0 heterocycles. The summed E-state index contributed by atoms with van der Waals surface area (Å²) in [6.45, 7) is 5.43. The third kappa shape index (κ3) is 2.82. The molecule has 1 unspecified atom stereocenters. The second-order valence-electron chi connectivity index (χ2n) is 5.59. The van der Waals surface area contributed by atoms with Crippen molar-refractivity contribution in [2.45, 2.75) is 44.9 Å². The van der Waals surface area contributed by atoms with E-state index in [2.05, 4.69) is 5.32 Å². The average molecular weight is 249 g/mol. The number of benzene rings is 1. The number of aliphatic hydroxyl groups is 1. The number of carbonyl (C=O) groups is 1. The monoisotopic (exact) mass is 249 g/mol. The van der Waals surface area contributed by atoms with Crippen LogP contribution in [0.2, 0.25) is 0 Å². The van der Waals surface area contributed by atoms with Gasteiger partial charge < -0.3 is 15.2 Å². The van der Waals surface area contributed by atoms with Crippen molar-refractivity contribution in [3.05, 3.63) is 35.4 Å². The Balaban J connectivity index is 2.08. The van der Waals surface area contributed by atoms with Crippen LogP contribution >= 0.6 is 0 Å². The maximum atomic E-state index is 11.7. The lowest BCUT2D eigenvalue weighted by atomic mass is 10.1. The fourth-order valence-electron chi connectivity index (χ4n) is 2.18. The van der Waals surface area contributed by atoms with Gasteiger partial charge in [-0.2, -0.15) is 0 Å². The van der Waals surface area contributed by atoms with Crippen LogP contribution in [0.3, 0.4) is 0 Å². The molecule has 2 atom stereocenters. The average Bonchev–Trinajstić information content (AvgIpc) is 2.53. The summed E-state index contributed by atoms with van der Waals surface area (Å²) in [6.07, 6.45) is -0.519. The van der Waals surface area contributed by atoms with Gasteiger partial charge in [-0.25, -0.2) is 4.79 Å². The Hall–Kier alpha value is -1.55.